The zero-order valence-electron chi connectivity index (χ0n) is 16.0. The predicted octanol–water partition coefficient (Wildman–Crippen LogP) is 2.36. The number of pyridine rings is 1. The third-order valence-electron chi connectivity index (χ3n) is 5.81. The lowest BCUT2D eigenvalue weighted by molar-refractivity contribution is -0.00620. The number of carbonyl (C=O) groups is 2. The van der Waals surface area contributed by atoms with Crippen molar-refractivity contribution in [1.82, 2.24) is 19.4 Å². The van der Waals surface area contributed by atoms with Gasteiger partial charge >= 0.3 is 0 Å². The van der Waals surface area contributed by atoms with E-state index in [0.29, 0.717) is 31.0 Å². The highest BCUT2D eigenvalue weighted by molar-refractivity contribution is 5.97. The highest BCUT2D eigenvalue weighted by Crippen LogP contribution is 2.43. The van der Waals surface area contributed by atoms with Gasteiger partial charge in [-0.3, -0.25) is 14.6 Å². The molecule has 1 saturated heterocycles. The van der Waals surface area contributed by atoms with E-state index in [4.69, 9.17) is 4.74 Å². The number of fused-ring (bicyclic) bond motifs is 2. The van der Waals surface area contributed by atoms with Gasteiger partial charge in [-0.05, 0) is 36.4 Å². The van der Waals surface area contributed by atoms with Crippen LogP contribution in [0.4, 0.5) is 0 Å². The summed E-state index contributed by atoms with van der Waals surface area (Å²) in [5.41, 5.74) is 0.964. The molecule has 2 aliphatic rings. The standard InChI is InChI=1S/C22H20N4O3/c1-29-17-9-7-16(8-10-17)22-15-24-12-4-6-19(24)21(28)26(22)14-13-25(22)20(27)18-5-2-3-11-23-18/h2-12H,13-15H2,1H3. The number of aromatic nitrogens is 2. The summed E-state index contributed by atoms with van der Waals surface area (Å²) in [4.78, 5) is 34.6. The van der Waals surface area contributed by atoms with Crippen LogP contribution in [0.5, 0.6) is 5.75 Å². The Kier molecular flexibility index (Phi) is 3.91. The first-order chi connectivity index (χ1) is 14.1. The van der Waals surface area contributed by atoms with Crippen LogP contribution in [0.2, 0.25) is 0 Å². The van der Waals surface area contributed by atoms with Crippen molar-refractivity contribution in [2.45, 2.75) is 12.2 Å². The average molecular weight is 388 g/mol. The highest BCUT2D eigenvalue weighted by Gasteiger charge is 2.56. The van der Waals surface area contributed by atoms with E-state index in [9.17, 15) is 9.59 Å². The zero-order chi connectivity index (χ0) is 20.0. The van der Waals surface area contributed by atoms with Gasteiger partial charge < -0.3 is 19.1 Å². The lowest BCUT2D eigenvalue weighted by Gasteiger charge is -2.47. The van der Waals surface area contributed by atoms with Crippen molar-refractivity contribution in [2.75, 3.05) is 20.2 Å². The van der Waals surface area contributed by atoms with Crippen LogP contribution < -0.4 is 4.74 Å². The van der Waals surface area contributed by atoms with Gasteiger partial charge in [-0.2, -0.15) is 0 Å². The summed E-state index contributed by atoms with van der Waals surface area (Å²) in [6, 6.07) is 16.5. The molecule has 1 fully saturated rings. The number of hydrogen-bond donors (Lipinski definition) is 0. The van der Waals surface area contributed by atoms with Crippen LogP contribution in [-0.4, -0.2) is 51.4 Å². The number of rotatable bonds is 3. The molecule has 0 radical (unpaired) electrons. The molecule has 2 amide bonds. The fourth-order valence-electron chi connectivity index (χ4n) is 4.44. The van der Waals surface area contributed by atoms with Crippen LogP contribution >= 0.6 is 0 Å². The molecule has 4 heterocycles. The van der Waals surface area contributed by atoms with E-state index in [1.54, 1.807) is 36.4 Å². The highest BCUT2D eigenvalue weighted by atomic mass is 16.5. The van der Waals surface area contributed by atoms with Gasteiger partial charge in [-0.25, -0.2) is 0 Å². The van der Waals surface area contributed by atoms with Crippen molar-refractivity contribution < 1.29 is 14.3 Å². The van der Waals surface area contributed by atoms with Gasteiger partial charge in [0.05, 0.1) is 13.7 Å². The molecular weight excluding hydrogens is 368 g/mol. The maximum atomic E-state index is 13.5. The number of amides is 2. The quantitative estimate of drug-likeness (QED) is 0.691. The molecule has 146 valence electrons. The van der Waals surface area contributed by atoms with Gasteiger partial charge in [-0.15, -0.1) is 0 Å². The fraction of sp³-hybridized carbons (Fsp3) is 0.227. The summed E-state index contributed by atoms with van der Waals surface area (Å²) in [6.07, 6.45) is 3.49. The Balaban J connectivity index is 1.68. The molecule has 0 bridgehead atoms. The molecule has 1 unspecified atom stereocenters. The molecule has 0 spiro atoms. The number of benzene rings is 1. The summed E-state index contributed by atoms with van der Waals surface area (Å²) in [7, 11) is 1.61. The van der Waals surface area contributed by atoms with E-state index in [1.807, 2.05) is 52.1 Å². The van der Waals surface area contributed by atoms with Gasteiger partial charge in [0.1, 0.15) is 17.1 Å². The van der Waals surface area contributed by atoms with Crippen molar-refractivity contribution in [3.8, 4) is 5.75 Å². The molecule has 7 heteroatoms. The maximum absolute atomic E-state index is 13.5. The normalized spacial score (nSPS) is 20.4. The Labute approximate surface area is 168 Å². The first-order valence-electron chi connectivity index (χ1n) is 9.50. The first-order valence-corrected chi connectivity index (χ1v) is 9.50. The number of nitrogens with zero attached hydrogens (tertiary/aromatic N) is 4. The summed E-state index contributed by atoms with van der Waals surface area (Å²) in [5.74, 6) is 0.460. The van der Waals surface area contributed by atoms with Crippen LogP contribution in [0, 0.1) is 0 Å². The molecule has 2 aliphatic heterocycles. The van der Waals surface area contributed by atoms with Gasteiger partial charge in [-0.1, -0.05) is 18.2 Å². The second kappa shape index (κ2) is 6.48. The summed E-state index contributed by atoms with van der Waals surface area (Å²) in [5, 5.41) is 0. The van der Waals surface area contributed by atoms with Crippen LogP contribution in [0.3, 0.4) is 0 Å². The Morgan fingerprint density at radius 1 is 1.07 bits per heavy atom. The molecule has 1 aromatic carbocycles. The van der Waals surface area contributed by atoms with E-state index >= 15 is 0 Å². The van der Waals surface area contributed by atoms with Crippen LogP contribution in [0.15, 0.2) is 67.0 Å². The number of methoxy groups -OCH3 is 1. The van der Waals surface area contributed by atoms with Crippen molar-refractivity contribution in [3.05, 3.63) is 83.9 Å². The number of carbonyl (C=O) groups excluding carboxylic acids is 2. The second-order valence-corrected chi connectivity index (χ2v) is 7.20. The van der Waals surface area contributed by atoms with Gasteiger partial charge in [0.25, 0.3) is 11.8 Å². The lowest BCUT2D eigenvalue weighted by atomic mass is 9.93. The second-order valence-electron chi connectivity index (χ2n) is 7.20. The monoisotopic (exact) mass is 388 g/mol. The lowest BCUT2D eigenvalue weighted by Crippen LogP contribution is -2.60. The summed E-state index contributed by atoms with van der Waals surface area (Å²) >= 11 is 0. The van der Waals surface area contributed by atoms with Crippen molar-refractivity contribution in [3.63, 3.8) is 0 Å². The van der Waals surface area contributed by atoms with Crippen molar-refractivity contribution in [2.24, 2.45) is 0 Å². The van der Waals surface area contributed by atoms with Crippen molar-refractivity contribution in [1.29, 1.82) is 0 Å². The van der Waals surface area contributed by atoms with Gasteiger partial charge in [0.2, 0.25) is 0 Å². The third kappa shape index (κ3) is 2.47. The topological polar surface area (TPSA) is 67.7 Å². The molecule has 3 aromatic rings. The predicted molar refractivity (Wildman–Crippen MR) is 105 cm³/mol. The van der Waals surface area contributed by atoms with Crippen LogP contribution in [-0.2, 0) is 12.2 Å². The molecule has 0 aliphatic carbocycles. The number of ether oxygens (including phenoxy) is 1. The summed E-state index contributed by atoms with van der Waals surface area (Å²) in [6.45, 7) is 1.37. The summed E-state index contributed by atoms with van der Waals surface area (Å²) < 4.78 is 7.22. The van der Waals surface area contributed by atoms with Crippen molar-refractivity contribution >= 4 is 11.8 Å². The third-order valence-corrected chi connectivity index (χ3v) is 5.81. The SMILES string of the molecule is COc1ccc(C23Cn4cccc4C(=O)N2CCN3C(=O)c2ccccn2)cc1. The van der Waals surface area contributed by atoms with Crippen LogP contribution in [0.1, 0.15) is 26.5 Å². The molecule has 2 aromatic heterocycles. The van der Waals surface area contributed by atoms with E-state index < -0.39 is 5.66 Å². The van der Waals surface area contributed by atoms with E-state index in [-0.39, 0.29) is 11.8 Å². The minimum Gasteiger partial charge on any atom is -0.497 e. The average Bonchev–Trinajstić information content (AvgIpc) is 3.40. The molecular formula is C22H20N4O3. The zero-order valence-corrected chi connectivity index (χ0v) is 16.0. The molecule has 1 atom stereocenters. The Hall–Kier alpha value is -3.61. The van der Waals surface area contributed by atoms with E-state index in [1.165, 1.54) is 0 Å². The van der Waals surface area contributed by atoms with E-state index in [2.05, 4.69) is 4.98 Å². The Morgan fingerprint density at radius 2 is 1.90 bits per heavy atom. The van der Waals surface area contributed by atoms with E-state index in [0.717, 1.165) is 11.3 Å². The smallest absolute Gasteiger partial charge is 0.274 e. The number of hydrogen-bond acceptors (Lipinski definition) is 4. The first kappa shape index (κ1) is 17.5. The maximum Gasteiger partial charge on any atom is 0.274 e. The Bertz CT molecular complexity index is 1080. The molecule has 5 rings (SSSR count). The molecule has 0 saturated carbocycles. The Morgan fingerprint density at radius 3 is 2.62 bits per heavy atom. The molecule has 7 nitrogen and oxygen atoms in total. The fourth-order valence-corrected chi connectivity index (χ4v) is 4.44. The minimum atomic E-state index is -0.913. The van der Waals surface area contributed by atoms with Crippen LogP contribution in [0.25, 0.3) is 0 Å². The minimum absolute atomic E-state index is 0.0756. The van der Waals surface area contributed by atoms with Gasteiger partial charge in [0, 0.05) is 31.0 Å². The molecule has 29 heavy (non-hydrogen) atoms. The largest absolute Gasteiger partial charge is 0.497 e. The van der Waals surface area contributed by atoms with Gasteiger partial charge in [0.15, 0.2) is 5.66 Å². The molecule has 0 N–H and O–H groups in total.